The van der Waals surface area contributed by atoms with Crippen LogP contribution in [0.15, 0.2) is 42.5 Å². The maximum absolute atomic E-state index is 5.77. The highest BCUT2D eigenvalue weighted by molar-refractivity contribution is 5.43. The zero-order valence-corrected chi connectivity index (χ0v) is 9.83. The molecule has 0 amide bonds. The Balaban J connectivity index is 2.27. The zero-order chi connectivity index (χ0) is 11.5. The number of rotatable bonds is 2. The lowest BCUT2D eigenvalue weighted by molar-refractivity contribution is 1.15. The summed E-state index contributed by atoms with van der Waals surface area (Å²) in [4.78, 5) is 0. The number of hydrogen-bond donors (Lipinski definition) is 1. The molecule has 0 radical (unpaired) electrons. The molecule has 0 aliphatic heterocycles. The van der Waals surface area contributed by atoms with Crippen molar-refractivity contribution in [2.45, 2.75) is 20.3 Å². The molecule has 2 aromatic carbocycles. The van der Waals surface area contributed by atoms with Crippen molar-refractivity contribution in [3.63, 3.8) is 0 Å². The van der Waals surface area contributed by atoms with Gasteiger partial charge in [-0.15, -0.1) is 0 Å². The first-order chi connectivity index (χ1) is 7.65. The molecular formula is C15H17N. The van der Waals surface area contributed by atoms with E-state index in [0.717, 1.165) is 12.1 Å². The van der Waals surface area contributed by atoms with Crippen LogP contribution < -0.4 is 5.73 Å². The third-order valence-electron chi connectivity index (χ3n) is 2.84. The van der Waals surface area contributed by atoms with E-state index in [0.29, 0.717) is 0 Å². The van der Waals surface area contributed by atoms with Gasteiger partial charge in [-0.1, -0.05) is 35.9 Å². The lowest BCUT2D eigenvalue weighted by Gasteiger charge is -2.07. The quantitative estimate of drug-likeness (QED) is 0.756. The molecule has 1 nitrogen and oxygen atoms in total. The van der Waals surface area contributed by atoms with Crippen LogP contribution in [-0.2, 0) is 6.42 Å². The molecule has 0 unspecified atom stereocenters. The second kappa shape index (κ2) is 4.40. The number of benzene rings is 2. The van der Waals surface area contributed by atoms with Crippen LogP contribution in [0.25, 0.3) is 0 Å². The molecule has 0 aliphatic carbocycles. The summed E-state index contributed by atoms with van der Waals surface area (Å²) in [5.74, 6) is 0. The first kappa shape index (κ1) is 10.7. The number of nitrogens with two attached hydrogens (primary N) is 1. The summed E-state index contributed by atoms with van der Waals surface area (Å²) in [5.41, 5.74) is 11.9. The summed E-state index contributed by atoms with van der Waals surface area (Å²) in [7, 11) is 0. The van der Waals surface area contributed by atoms with Crippen LogP contribution in [0, 0.1) is 13.8 Å². The van der Waals surface area contributed by atoms with Gasteiger partial charge in [0.2, 0.25) is 0 Å². The van der Waals surface area contributed by atoms with Gasteiger partial charge < -0.3 is 5.73 Å². The van der Waals surface area contributed by atoms with Crippen molar-refractivity contribution in [1.29, 1.82) is 0 Å². The van der Waals surface area contributed by atoms with Crippen molar-refractivity contribution in [2.75, 3.05) is 5.73 Å². The molecule has 2 N–H and O–H groups in total. The Hall–Kier alpha value is -1.76. The predicted molar refractivity (Wildman–Crippen MR) is 69.6 cm³/mol. The summed E-state index contributed by atoms with van der Waals surface area (Å²) >= 11 is 0. The Morgan fingerprint density at radius 1 is 1.00 bits per heavy atom. The van der Waals surface area contributed by atoms with E-state index in [4.69, 9.17) is 5.73 Å². The van der Waals surface area contributed by atoms with Crippen molar-refractivity contribution < 1.29 is 0 Å². The summed E-state index contributed by atoms with van der Waals surface area (Å²) in [6, 6.07) is 14.7. The predicted octanol–water partition coefficient (Wildman–Crippen LogP) is 3.48. The van der Waals surface area contributed by atoms with E-state index in [2.05, 4.69) is 38.1 Å². The molecule has 1 heteroatoms. The van der Waals surface area contributed by atoms with Gasteiger partial charge in [-0.05, 0) is 49.1 Å². The Bertz CT molecular complexity index is 501. The average molecular weight is 211 g/mol. The van der Waals surface area contributed by atoms with Crippen LogP contribution >= 0.6 is 0 Å². The van der Waals surface area contributed by atoms with Gasteiger partial charge in [0.15, 0.2) is 0 Å². The zero-order valence-electron chi connectivity index (χ0n) is 9.83. The molecular weight excluding hydrogens is 194 g/mol. The van der Waals surface area contributed by atoms with Gasteiger partial charge in [0, 0.05) is 5.69 Å². The maximum atomic E-state index is 5.77. The Morgan fingerprint density at radius 3 is 2.50 bits per heavy atom. The highest BCUT2D eigenvalue weighted by Gasteiger charge is 2.00. The third-order valence-corrected chi connectivity index (χ3v) is 2.84. The fourth-order valence-electron chi connectivity index (χ4n) is 1.97. The smallest absolute Gasteiger partial charge is 0.0316 e. The van der Waals surface area contributed by atoms with Gasteiger partial charge in [0.25, 0.3) is 0 Å². The van der Waals surface area contributed by atoms with Crippen molar-refractivity contribution in [1.82, 2.24) is 0 Å². The number of hydrogen-bond acceptors (Lipinski definition) is 1. The Morgan fingerprint density at radius 2 is 1.81 bits per heavy atom. The van der Waals surface area contributed by atoms with Crippen LogP contribution in [0.1, 0.15) is 22.3 Å². The fraction of sp³-hybridized carbons (Fsp3) is 0.200. The second-order valence-electron chi connectivity index (χ2n) is 4.35. The summed E-state index contributed by atoms with van der Waals surface area (Å²) in [5, 5.41) is 0. The van der Waals surface area contributed by atoms with E-state index in [9.17, 15) is 0 Å². The maximum Gasteiger partial charge on any atom is 0.0316 e. The van der Waals surface area contributed by atoms with Crippen molar-refractivity contribution in [3.05, 3.63) is 64.7 Å². The monoisotopic (exact) mass is 211 g/mol. The average Bonchev–Trinajstić information content (AvgIpc) is 2.22. The standard InChI is InChI=1S/C15H17N/c1-11-6-7-14(12(2)8-11)9-13-4-3-5-15(16)10-13/h3-8,10H,9,16H2,1-2H3. The first-order valence-electron chi connectivity index (χ1n) is 5.56. The van der Waals surface area contributed by atoms with E-state index < -0.39 is 0 Å². The van der Waals surface area contributed by atoms with Gasteiger partial charge in [0.1, 0.15) is 0 Å². The van der Waals surface area contributed by atoms with Crippen LogP contribution in [0.4, 0.5) is 5.69 Å². The molecule has 0 bridgehead atoms. The minimum absolute atomic E-state index is 0.835. The Labute approximate surface area is 96.9 Å². The largest absolute Gasteiger partial charge is 0.399 e. The van der Waals surface area contributed by atoms with Crippen molar-refractivity contribution in [3.8, 4) is 0 Å². The molecule has 2 aromatic rings. The van der Waals surface area contributed by atoms with Gasteiger partial charge >= 0.3 is 0 Å². The van der Waals surface area contributed by atoms with Gasteiger partial charge in [-0.3, -0.25) is 0 Å². The van der Waals surface area contributed by atoms with Gasteiger partial charge in [-0.25, -0.2) is 0 Å². The molecule has 0 saturated carbocycles. The fourth-order valence-corrected chi connectivity index (χ4v) is 1.97. The molecule has 0 aliphatic rings. The van der Waals surface area contributed by atoms with E-state index >= 15 is 0 Å². The SMILES string of the molecule is Cc1ccc(Cc2cccc(N)c2)c(C)c1. The van der Waals surface area contributed by atoms with E-state index in [-0.39, 0.29) is 0 Å². The van der Waals surface area contributed by atoms with Crippen molar-refractivity contribution in [2.24, 2.45) is 0 Å². The third kappa shape index (κ3) is 2.43. The number of aryl methyl sites for hydroxylation is 2. The minimum atomic E-state index is 0.835. The van der Waals surface area contributed by atoms with Crippen LogP contribution in [0.2, 0.25) is 0 Å². The molecule has 0 saturated heterocycles. The number of anilines is 1. The highest BCUT2D eigenvalue weighted by atomic mass is 14.5. The van der Waals surface area contributed by atoms with E-state index in [1.165, 1.54) is 22.3 Å². The normalized spacial score (nSPS) is 10.4. The van der Waals surface area contributed by atoms with Crippen molar-refractivity contribution >= 4 is 5.69 Å². The molecule has 0 aromatic heterocycles. The molecule has 0 atom stereocenters. The van der Waals surface area contributed by atoms with E-state index in [1.807, 2.05) is 18.2 Å². The van der Waals surface area contributed by atoms with Gasteiger partial charge in [-0.2, -0.15) is 0 Å². The summed E-state index contributed by atoms with van der Waals surface area (Å²) in [6.45, 7) is 4.28. The highest BCUT2D eigenvalue weighted by Crippen LogP contribution is 2.16. The van der Waals surface area contributed by atoms with Crippen LogP contribution in [-0.4, -0.2) is 0 Å². The molecule has 16 heavy (non-hydrogen) atoms. The molecule has 0 heterocycles. The lowest BCUT2D eigenvalue weighted by atomic mass is 9.99. The topological polar surface area (TPSA) is 26.0 Å². The second-order valence-corrected chi connectivity index (χ2v) is 4.35. The number of nitrogen functional groups attached to an aromatic ring is 1. The molecule has 82 valence electrons. The molecule has 2 rings (SSSR count). The molecule has 0 fully saturated rings. The van der Waals surface area contributed by atoms with Crippen LogP contribution in [0.5, 0.6) is 0 Å². The van der Waals surface area contributed by atoms with Crippen LogP contribution in [0.3, 0.4) is 0 Å². The summed E-state index contributed by atoms with van der Waals surface area (Å²) in [6.07, 6.45) is 0.956. The summed E-state index contributed by atoms with van der Waals surface area (Å²) < 4.78 is 0. The lowest BCUT2D eigenvalue weighted by Crippen LogP contribution is -1.94. The Kier molecular flexibility index (Phi) is 2.95. The minimum Gasteiger partial charge on any atom is -0.399 e. The molecule has 0 spiro atoms. The first-order valence-corrected chi connectivity index (χ1v) is 5.56. The van der Waals surface area contributed by atoms with E-state index in [1.54, 1.807) is 0 Å². The van der Waals surface area contributed by atoms with Gasteiger partial charge in [0.05, 0.1) is 0 Å².